The van der Waals surface area contributed by atoms with Crippen LogP contribution in [0.15, 0.2) is 28.9 Å². The summed E-state index contributed by atoms with van der Waals surface area (Å²) < 4.78 is 23.1. The number of benzene rings is 1. The fourth-order valence-corrected chi connectivity index (χ4v) is 5.62. The van der Waals surface area contributed by atoms with Crippen LogP contribution in [0, 0.1) is 5.41 Å². The molecule has 1 saturated heterocycles. The van der Waals surface area contributed by atoms with E-state index < -0.39 is 0 Å². The van der Waals surface area contributed by atoms with E-state index in [1.165, 1.54) is 11.1 Å². The largest absolute Gasteiger partial charge is 0.493 e. The maximum Gasteiger partial charge on any atom is 0.231 e. The van der Waals surface area contributed by atoms with E-state index in [1.54, 1.807) is 20.5 Å². The second-order valence-corrected chi connectivity index (χ2v) is 10.5. The maximum absolute atomic E-state index is 6.43. The van der Waals surface area contributed by atoms with Gasteiger partial charge in [0.05, 0.1) is 32.8 Å². The van der Waals surface area contributed by atoms with Gasteiger partial charge in [0.15, 0.2) is 22.9 Å². The lowest BCUT2D eigenvalue weighted by molar-refractivity contribution is 0.122. The fourth-order valence-electron chi connectivity index (χ4n) is 5.62. The Labute approximate surface area is 216 Å². The molecule has 1 aliphatic heterocycles. The van der Waals surface area contributed by atoms with Crippen molar-refractivity contribution in [3.05, 3.63) is 41.2 Å². The number of rotatable bonds is 6. The molecule has 1 N–H and O–H groups in total. The molecule has 0 saturated carbocycles. The molecule has 4 heterocycles. The summed E-state index contributed by atoms with van der Waals surface area (Å²) in [5.74, 6) is 3.04. The average molecular weight is 504 g/mol. The highest BCUT2D eigenvalue weighted by atomic mass is 16.5. The summed E-state index contributed by atoms with van der Waals surface area (Å²) in [6.07, 6.45) is 4.68. The monoisotopic (exact) mass is 503 g/mol. The summed E-state index contributed by atoms with van der Waals surface area (Å²) in [6, 6.07) is 5.83. The molecule has 2 aliphatic rings. The lowest BCUT2D eigenvalue weighted by Crippen LogP contribution is -2.38. The van der Waals surface area contributed by atoms with E-state index in [1.807, 2.05) is 18.2 Å². The molecule has 0 spiro atoms. The van der Waals surface area contributed by atoms with Gasteiger partial charge in [0.25, 0.3) is 0 Å². The standard InChI is InChI=1S/C28H33N5O4/c1-28(2)9-8-18-19(14-28)21-22-24(37-27(21)32-26(18)33-10-12-36-13-11-33)25(31-16-30-22)29-15-17-6-5-7-20(34-3)23(17)35-4/h5-7,16H,8-15H2,1-4H3,(H,29,30,31). The van der Waals surface area contributed by atoms with Crippen molar-refractivity contribution in [3.63, 3.8) is 0 Å². The summed E-state index contributed by atoms with van der Waals surface area (Å²) in [5, 5.41) is 4.44. The van der Waals surface area contributed by atoms with Crippen LogP contribution >= 0.6 is 0 Å². The van der Waals surface area contributed by atoms with Crippen LogP contribution in [-0.2, 0) is 24.1 Å². The number of morpholine rings is 1. The van der Waals surface area contributed by atoms with Crippen molar-refractivity contribution in [3.8, 4) is 11.5 Å². The zero-order valence-corrected chi connectivity index (χ0v) is 21.9. The maximum atomic E-state index is 6.43. The lowest BCUT2D eigenvalue weighted by Gasteiger charge is -2.35. The number of anilines is 2. The first-order chi connectivity index (χ1) is 18.0. The Morgan fingerprint density at radius 2 is 1.92 bits per heavy atom. The van der Waals surface area contributed by atoms with Crippen molar-refractivity contribution in [2.45, 2.75) is 39.7 Å². The molecule has 4 aromatic rings. The Bertz CT molecular complexity index is 1460. The van der Waals surface area contributed by atoms with E-state index in [4.69, 9.17) is 23.6 Å². The number of hydrogen-bond acceptors (Lipinski definition) is 9. The van der Waals surface area contributed by atoms with Crippen molar-refractivity contribution >= 4 is 33.8 Å². The summed E-state index contributed by atoms with van der Waals surface area (Å²) in [5.41, 5.74) is 5.83. The van der Waals surface area contributed by atoms with Gasteiger partial charge in [0.1, 0.15) is 17.7 Å². The molecule has 37 heavy (non-hydrogen) atoms. The number of furan rings is 1. The minimum Gasteiger partial charge on any atom is -0.493 e. The van der Waals surface area contributed by atoms with Gasteiger partial charge >= 0.3 is 0 Å². The number of para-hydroxylation sites is 1. The molecular weight excluding hydrogens is 470 g/mol. The van der Waals surface area contributed by atoms with Gasteiger partial charge in [-0.2, -0.15) is 4.98 Å². The SMILES string of the molecule is COc1cccc(CNc2ncnc3c2oc2nc(N4CCOCC4)c4c(c23)CC(C)(C)CC4)c1OC. The Morgan fingerprint density at radius 1 is 1.08 bits per heavy atom. The van der Waals surface area contributed by atoms with Gasteiger partial charge in [-0.15, -0.1) is 0 Å². The molecule has 1 aliphatic carbocycles. The molecule has 6 rings (SSSR count). The molecule has 3 aromatic heterocycles. The van der Waals surface area contributed by atoms with Crippen molar-refractivity contribution < 1.29 is 18.6 Å². The molecule has 0 amide bonds. The highest BCUT2D eigenvalue weighted by Gasteiger charge is 2.33. The molecule has 9 heteroatoms. The van der Waals surface area contributed by atoms with Gasteiger partial charge in [0.2, 0.25) is 5.71 Å². The molecule has 1 aromatic carbocycles. The third-order valence-electron chi connectivity index (χ3n) is 7.55. The number of ether oxygens (including phenoxy) is 3. The highest BCUT2D eigenvalue weighted by molar-refractivity contribution is 6.07. The number of methoxy groups -OCH3 is 2. The van der Waals surface area contributed by atoms with E-state index in [9.17, 15) is 0 Å². The topological polar surface area (TPSA) is 94.8 Å². The minimum absolute atomic E-state index is 0.199. The first-order valence-electron chi connectivity index (χ1n) is 12.8. The van der Waals surface area contributed by atoms with Gasteiger partial charge in [-0.05, 0) is 41.9 Å². The van der Waals surface area contributed by atoms with Crippen molar-refractivity contribution in [2.75, 3.05) is 50.7 Å². The van der Waals surface area contributed by atoms with E-state index in [2.05, 4.69) is 34.0 Å². The molecule has 0 radical (unpaired) electrons. The van der Waals surface area contributed by atoms with Crippen LogP contribution in [0.4, 0.5) is 11.6 Å². The van der Waals surface area contributed by atoms with Crippen molar-refractivity contribution in [1.29, 1.82) is 0 Å². The third-order valence-corrected chi connectivity index (χ3v) is 7.55. The highest BCUT2D eigenvalue weighted by Crippen LogP contribution is 2.44. The zero-order valence-electron chi connectivity index (χ0n) is 21.9. The van der Waals surface area contributed by atoms with Crippen LogP contribution in [-0.4, -0.2) is 55.5 Å². The Morgan fingerprint density at radius 3 is 2.70 bits per heavy atom. The van der Waals surface area contributed by atoms with E-state index in [-0.39, 0.29) is 5.41 Å². The van der Waals surface area contributed by atoms with Crippen molar-refractivity contribution in [2.24, 2.45) is 5.41 Å². The van der Waals surface area contributed by atoms with Crippen LogP contribution in [0.1, 0.15) is 37.0 Å². The smallest absolute Gasteiger partial charge is 0.231 e. The first kappa shape index (κ1) is 23.8. The molecule has 1 fully saturated rings. The predicted molar refractivity (Wildman–Crippen MR) is 143 cm³/mol. The molecule has 9 nitrogen and oxygen atoms in total. The zero-order chi connectivity index (χ0) is 25.6. The van der Waals surface area contributed by atoms with Gasteiger partial charge in [-0.25, -0.2) is 9.97 Å². The molecule has 0 unspecified atom stereocenters. The van der Waals surface area contributed by atoms with Crippen LogP contribution in [0.5, 0.6) is 11.5 Å². The average Bonchev–Trinajstić information content (AvgIpc) is 3.30. The summed E-state index contributed by atoms with van der Waals surface area (Å²) in [7, 11) is 3.28. The molecule has 0 bridgehead atoms. The summed E-state index contributed by atoms with van der Waals surface area (Å²) in [4.78, 5) is 16.6. The quantitative estimate of drug-likeness (QED) is 0.400. The molecule has 194 valence electrons. The van der Waals surface area contributed by atoms with Crippen LogP contribution in [0.25, 0.3) is 22.2 Å². The second kappa shape index (κ2) is 9.37. The van der Waals surface area contributed by atoms with Crippen LogP contribution in [0.3, 0.4) is 0 Å². The predicted octanol–water partition coefficient (Wildman–Crippen LogP) is 4.75. The van der Waals surface area contributed by atoms with E-state index in [0.29, 0.717) is 48.4 Å². The number of nitrogens with zero attached hydrogens (tertiary/aromatic N) is 4. The Balaban J connectivity index is 1.45. The van der Waals surface area contributed by atoms with Gasteiger partial charge < -0.3 is 28.8 Å². The second-order valence-electron chi connectivity index (χ2n) is 10.5. The number of hydrogen-bond donors (Lipinski definition) is 1. The molecule has 0 atom stereocenters. The van der Waals surface area contributed by atoms with Crippen LogP contribution < -0.4 is 19.7 Å². The fraction of sp³-hybridized carbons (Fsp3) is 0.464. The summed E-state index contributed by atoms with van der Waals surface area (Å²) in [6.45, 7) is 8.26. The van der Waals surface area contributed by atoms with Gasteiger partial charge in [-0.3, -0.25) is 0 Å². The summed E-state index contributed by atoms with van der Waals surface area (Å²) >= 11 is 0. The minimum atomic E-state index is 0.199. The normalized spacial score (nSPS) is 17.1. The Hall–Kier alpha value is -3.59. The van der Waals surface area contributed by atoms with Crippen molar-refractivity contribution in [1.82, 2.24) is 15.0 Å². The van der Waals surface area contributed by atoms with E-state index in [0.717, 1.165) is 54.6 Å². The number of aromatic nitrogens is 3. The number of pyridine rings is 1. The van der Waals surface area contributed by atoms with Gasteiger partial charge in [-0.1, -0.05) is 26.0 Å². The molecular formula is C28H33N5O4. The first-order valence-corrected chi connectivity index (χ1v) is 12.8. The Kier molecular flexibility index (Phi) is 6.03. The van der Waals surface area contributed by atoms with Gasteiger partial charge in [0, 0.05) is 25.2 Å². The van der Waals surface area contributed by atoms with Crippen LogP contribution in [0.2, 0.25) is 0 Å². The number of fused-ring (bicyclic) bond motifs is 5. The lowest BCUT2D eigenvalue weighted by atomic mass is 9.73. The number of nitrogens with one attached hydrogen (secondary N) is 1. The third kappa shape index (κ3) is 4.21. The van der Waals surface area contributed by atoms with E-state index >= 15 is 0 Å².